The van der Waals surface area contributed by atoms with Crippen molar-refractivity contribution in [2.75, 3.05) is 6.54 Å². The molecule has 0 atom stereocenters. The summed E-state index contributed by atoms with van der Waals surface area (Å²) < 4.78 is 40.5. The average molecular weight is 256 g/mol. The Balaban J connectivity index is 2.20. The van der Waals surface area contributed by atoms with Crippen LogP contribution in [-0.2, 0) is 13.0 Å². The van der Waals surface area contributed by atoms with Gasteiger partial charge in [0.25, 0.3) is 0 Å². The van der Waals surface area contributed by atoms with Crippen LogP contribution in [0.2, 0.25) is 0 Å². The van der Waals surface area contributed by atoms with Crippen molar-refractivity contribution in [2.45, 2.75) is 13.0 Å². The highest BCUT2D eigenvalue weighted by molar-refractivity contribution is 5.20. The van der Waals surface area contributed by atoms with Gasteiger partial charge in [0.05, 0.1) is 12.2 Å². The normalized spacial score (nSPS) is 10.9. The Kier molecular flexibility index (Phi) is 3.61. The molecule has 96 valence electrons. The molecule has 4 nitrogen and oxygen atoms in total. The van der Waals surface area contributed by atoms with Crippen LogP contribution in [0.1, 0.15) is 11.3 Å². The van der Waals surface area contributed by atoms with Crippen molar-refractivity contribution >= 4 is 0 Å². The van der Waals surface area contributed by atoms with Crippen LogP contribution in [0.3, 0.4) is 0 Å². The van der Waals surface area contributed by atoms with Crippen LogP contribution in [0, 0.1) is 17.5 Å². The van der Waals surface area contributed by atoms with E-state index in [2.05, 4.69) is 10.3 Å². The predicted octanol–water partition coefficient (Wildman–Crippen LogP) is 1.24. The standard InChI is InChI=1S/C11H11F3N4/c12-9-4-11(14)10(13)3-7(9)5-18-6-8(1-2-15)16-17-18/h3-4,6H,1-2,5,15H2. The maximum absolute atomic E-state index is 13.4. The van der Waals surface area contributed by atoms with E-state index in [1.165, 1.54) is 4.68 Å². The van der Waals surface area contributed by atoms with Gasteiger partial charge in [0, 0.05) is 24.2 Å². The van der Waals surface area contributed by atoms with Crippen LogP contribution in [0.4, 0.5) is 13.2 Å². The lowest BCUT2D eigenvalue weighted by Crippen LogP contribution is -2.04. The van der Waals surface area contributed by atoms with Crippen LogP contribution in [0.5, 0.6) is 0 Å². The summed E-state index contributed by atoms with van der Waals surface area (Å²) >= 11 is 0. The molecule has 0 saturated carbocycles. The van der Waals surface area contributed by atoms with Crippen molar-refractivity contribution in [1.82, 2.24) is 15.0 Å². The summed E-state index contributed by atoms with van der Waals surface area (Å²) in [5.74, 6) is -3.11. The van der Waals surface area contributed by atoms with Gasteiger partial charge in [0.1, 0.15) is 5.82 Å². The molecule has 0 aliphatic heterocycles. The number of rotatable bonds is 4. The molecular weight excluding hydrogens is 245 g/mol. The highest BCUT2D eigenvalue weighted by Crippen LogP contribution is 2.14. The highest BCUT2D eigenvalue weighted by atomic mass is 19.2. The zero-order chi connectivity index (χ0) is 13.1. The molecule has 1 aromatic heterocycles. The molecule has 0 saturated heterocycles. The molecule has 2 aromatic rings. The molecule has 1 heterocycles. The Morgan fingerprint density at radius 2 is 1.83 bits per heavy atom. The van der Waals surface area contributed by atoms with Gasteiger partial charge in [-0.15, -0.1) is 5.10 Å². The molecule has 1 aromatic carbocycles. The SMILES string of the molecule is NCCc1cn(Cc2cc(F)c(F)cc2F)nn1. The Bertz CT molecular complexity index is 553. The van der Waals surface area contributed by atoms with E-state index < -0.39 is 17.5 Å². The van der Waals surface area contributed by atoms with E-state index in [4.69, 9.17) is 5.73 Å². The molecule has 0 amide bonds. The number of halogens is 3. The van der Waals surface area contributed by atoms with Gasteiger partial charge in [-0.25, -0.2) is 17.9 Å². The number of hydrogen-bond acceptors (Lipinski definition) is 3. The summed E-state index contributed by atoms with van der Waals surface area (Å²) in [4.78, 5) is 0. The van der Waals surface area contributed by atoms with E-state index in [1.54, 1.807) is 6.20 Å². The van der Waals surface area contributed by atoms with Gasteiger partial charge < -0.3 is 5.73 Å². The molecule has 0 unspecified atom stereocenters. The maximum atomic E-state index is 13.4. The minimum absolute atomic E-state index is 0.0121. The number of nitrogens with two attached hydrogens (primary N) is 1. The molecular formula is C11H11F3N4. The van der Waals surface area contributed by atoms with E-state index in [0.29, 0.717) is 24.7 Å². The van der Waals surface area contributed by atoms with Gasteiger partial charge in [0.2, 0.25) is 0 Å². The Morgan fingerprint density at radius 3 is 2.56 bits per heavy atom. The second-order valence-corrected chi connectivity index (χ2v) is 3.80. The van der Waals surface area contributed by atoms with Crippen LogP contribution < -0.4 is 5.73 Å². The third kappa shape index (κ3) is 2.67. The minimum atomic E-state index is -1.21. The molecule has 0 bridgehead atoms. The largest absolute Gasteiger partial charge is 0.330 e. The summed E-state index contributed by atoms with van der Waals surface area (Å²) in [7, 11) is 0. The van der Waals surface area contributed by atoms with Crippen LogP contribution in [-0.4, -0.2) is 21.5 Å². The first-order valence-corrected chi connectivity index (χ1v) is 5.32. The molecule has 0 fully saturated rings. The van der Waals surface area contributed by atoms with Crippen molar-refractivity contribution < 1.29 is 13.2 Å². The molecule has 0 aliphatic carbocycles. The summed E-state index contributed by atoms with van der Waals surface area (Å²) in [6.07, 6.45) is 2.15. The zero-order valence-electron chi connectivity index (χ0n) is 9.41. The van der Waals surface area contributed by atoms with Crippen molar-refractivity contribution in [3.63, 3.8) is 0 Å². The minimum Gasteiger partial charge on any atom is -0.330 e. The average Bonchev–Trinajstić information content (AvgIpc) is 2.74. The Hall–Kier alpha value is -1.89. The molecule has 0 radical (unpaired) electrons. The first-order chi connectivity index (χ1) is 8.60. The number of hydrogen-bond donors (Lipinski definition) is 1. The Labute approximate surface area is 101 Å². The predicted molar refractivity (Wildman–Crippen MR) is 58.2 cm³/mol. The van der Waals surface area contributed by atoms with E-state index in [-0.39, 0.29) is 12.1 Å². The van der Waals surface area contributed by atoms with E-state index >= 15 is 0 Å². The second-order valence-electron chi connectivity index (χ2n) is 3.80. The van der Waals surface area contributed by atoms with Gasteiger partial charge in [-0.1, -0.05) is 5.21 Å². The fourth-order valence-corrected chi connectivity index (χ4v) is 1.54. The van der Waals surface area contributed by atoms with E-state index in [9.17, 15) is 13.2 Å². The lowest BCUT2D eigenvalue weighted by Gasteiger charge is -2.03. The van der Waals surface area contributed by atoms with Gasteiger partial charge >= 0.3 is 0 Å². The quantitative estimate of drug-likeness (QED) is 0.837. The second kappa shape index (κ2) is 5.18. The third-order valence-electron chi connectivity index (χ3n) is 2.41. The highest BCUT2D eigenvalue weighted by Gasteiger charge is 2.11. The molecule has 2 N–H and O–H groups in total. The van der Waals surface area contributed by atoms with Gasteiger partial charge in [-0.05, 0) is 12.6 Å². The van der Waals surface area contributed by atoms with E-state index in [1.807, 2.05) is 0 Å². The van der Waals surface area contributed by atoms with Crippen LogP contribution in [0.25, 0.3) is 0 Å². The number of benzene rings is 1. The fourth-order valence-electron chi connectivity index (χ4n) is 1.54. The number of aromatic nitrogens is 3. The summed E-state index contributed by atoms with van der Waals surface area (Å²) in [6.45, 7) is 0.416. The van der Waals surface area contributed by atoms with Gasteiger partial charge in [-0.3, -0.25) is 0 Å². The van der Waals surface area contributed by atoms with Crippen LogP contribution in [0.15, 0.2) is 18.3 Å². The molecule has 18 heavy (non-hydrogen) atoms. The molecule has 2 rings (SSSR count). The number of nitrogens with zero attached hydrogens (tertiary/aromatic N) is 3. The smallest absolute Gasteiger partial charge is 0.161 e. The van der Waals surface area contributed by atoms with Crippen molar-refractivity contribution in [3.8, 4) is 0 Å². The zero-order valence-corrected chi connectivity index (χ0v) is 9.41. The van der Waals surface area contributed by atoms with Gasteiger partial charge in [-0.2, -0.15) is 0 Å². The third-order valence-corrected chi connectivity index (χ3v) is 2.41. The summed E-state index contributed by atoms with van der Waals surface area (Å²) in [6, 6.07) is 1.33. The fraction of sp³-hybridized carbons (Fsp3) is 0.273. The first-order valence-electron chi connectivity index (χ1n) is 5.32. The lowest BCUT2D eigenvalue weighted by molar-refractivity contribution is 0.485. The van der Waals surface area contributed by atoms with Crippen LogP contribution >= 0.6 is 0 Å². The van der Waals surface area contributed by atoms with Crippen molar-refractivity contribution in [2.24, 2.45) is 5.73 Å². The first kappa shape index (κ1) is 12.6. The Morgan fingerprint density at radius 1 is 1.11 bits per heavy atom. The maximum Gasteiger partial charge on any atom is 0.161 e. The topological polar surface area (TPSA) is 56.7 Å². The summed E-state index contributed by atoms with van der Waals surface area (Å²) in [5, 5.41) is 7.57. The monoisotopic (exact) mass is 256 g/mol. The molecule has 7 heteroatoms. The van der Waals surface area contributed by atoms with Crippen molar-refractivity contribution in [3.05, 3.63) is 47.0 Å². The van der Waals surface area contributed by atoms with Crippen molar-refractivity contribution in [1.29, 1.82) is 0 Å². The lowest BCUT2D eigenvalue weighted by atomic mass is 10.2. The molecule has 0 spiro atoms. The molecule has 0 aliphatic rings. The summed E-state index contributed by atoms with van der Waals surface area (Å²) in [5.41, 5.74) is 6.03. The van der Waals surface area contributed by atoms with E-state index in [0.717, 1.165) is 6.07 Å². The van der Waals surface area contributed by atoms with Gasteiger partial charge in [0.15, 0.2) is 11.6 Å².